The first kappa shape index (κ1) is 17.6. The Morgan fingerprint density at radius 2 is 1.65 bits per heavy atom. The van der Waals surface area contributed by atoms with E-state index in [9.17, 15) is 0 Å². The fraction of sp³-hybridized carbons (Fsp3) is 0.409. The Morgan fingerprint density at radius 3 is 2.46 bits per heavy atom. The topological polar surface area (TPSA) is 21.1 Å². The van der Waals surface area contributed by atoms with Crippen LogP contribution in [-0.4, -0.2) is 34.1 Å². The molecule has 1 saturated heterocycles. The zero-order valence-electron chi connectivity index (χ0n) is 15.1. The molecule has 0 aliphatic carbocycles. The van der Waals surface area contributed by atoms with E-state index in [1.807, 2.05) is 24.5 Å². The molecule has 26 heavy (non-hydrogen) atoms. The van der Waals surface area contributed by atoms with Crippen molar-refractivity contribution in [3.63, 3.8) is 0 Å². The summed E-state index contributed by atoms with van der Waals surface area (Å²) in [6.45, 7) is 4.68. The fourth-order valence-corrected chi connectivity index (χ4v) is 4.16. The minimum atomic E-state index is 0.695. The Morgan fingerprint density at radius 1 is 0.923 bits per heavy atom. The van der Waals surface area contributed by atoms with Crippen LogP contribution in [0.25, 0.3) is 11.0 Å². The maximum Gasteiger partial charge on any atom is 0.0958 e. The van der Waals surface area contributed by atoms with Crippen molar-refractivity contribution in [3.05, 3.63) is 65.4 Å². The maximum atomic E-state index is 6.00. The lowest BCUT2D eigenvalue weighted by Gasteiger charge is -2.32. The largest absolute Gasteiger partial charge is 0.331 e. The van der Waals surface area contributed by atoms with Crippen LogP contribution in [0.15, 0.2) is 54.9 Å². The molecular weight excluding hydrogens is 342 g/mol. The second kappa shape index (κ2) is 8.24. The van der Waals surface area contributed by atoms with Crippen molar-refractivity contribution in [1.29, 1.82) is 0 Å². The first-order valence-corrected chi connectivity index (χ1v) is 10.0. The molecule has 2 aromatic carbocycles. The molecule has 0 N–H and O–H groups in total. The average Bonchev–Trinajstić information content (AvgIpc) is 3.10. The second-order valence-electron chi connectivity index (χ2n) is 7.30. The van der Waals surface area contributed by atoms with Gasteiger partial charge in [0.2, 0.25) is 0 Å². The molecule has 2 heterocycles. The number of aromatic nitrogens is 2. The Balaban J connectivity index is 1.20. The van der Waals surface area contributed by atoms with Crippen LogP contribution in [0.1, 0.15) is 37.2 Å². The molecule has 3 aromatic rings. The Hall–Kier alpha value is -1.84. The molecule has 136 valence electrons. The molecule has 4 heteroatoms. The molecule has 1 aromatic heterocycles. The number of imidazole rings is 1. The van der Waals surface area contributed by atoms with E-state index in [1.54, 1.807) is 0 Å². The highest BCUT2D eigenvalue weighted by molar-refractivity contribution is 6.30. The van der Waals surface area contributed by atoms with Gasteiger partial charge in [-0.05, 0) is 81.1 Å². The van der Waals surface area contributed by atoms with Gasteiger partial charge in [0.25, 0.3) is 0 Å². The standard InChI is InChI=1S/C22H26ClN3/c23-20-9-7-18(8-10-20)19-11-15-25(16-12-19)13-3-4-14-26-17-24-21-5-1-2-6-22(21)26/h1-2,5-10,17,19H,3-4,11-16H2. The fourth-order valence-electron chi connectivity index (χ4n) is 4.03. The van der Waals surface area contributed by atoms with Crippen molar-refractivity contribution in [2.75, 3.05) is 19.6 Å². The summed E-state index contributed by atoms with van der Waals surface area (Å²) in [5.74, 6) is 0.695. The van der Waals surface area contributed by atoms with Crippen molar-refractivity contribution < 1.29 is 0 Å². The van der Waals surface area contributed by atoms with E-state index >= 15 is 0 Å². The first-order chi connectivity index (χ1) is 12.8. The number of likely N-dealkylation sites (tertiary alicyclic amines) is 1. The van der Waals surface area contributed by atoms with Gasteiger partial charge in [0.05, 0.1) is 17.4 Å². The number of rotatable bonds is 6. The number of fused-ring (bicyclic) bond motifs is 1. The Bertz CT molecular complexity index is 832. The first-order valence-electron chi connectivity index (χ1n) is 9.67. The van der Waals surface area contributed by atoms with Crippen LogP contribution >= 0.6 is 11.6 Å². The summed E-state index contributed by atoms with van der Waals surface area (Å²) in [5, 5.41) is 0.830. The van der Waals surface area contributed by atoms with Crippen LogP contribution in [0, 0.1) is 0 Å². The van der Waals surface area contributed by atoms with Gasteiger partial charge in [-0.25, -0.2) is 4.98 Å². The van der Waals surface area contributed by atoms with Crippen LogP contribution in [0.2, 0.25) is 5.02 Å². The van der Waals surface area contributed by atoms with E-state index < -0.39 is 0 Å². The van der Waals surface area contributed by atoms with Gasteiger partial charge in [0.1, 0.15) is 0 Å². The van der Waals surface area contributed by atoms with Crippen molar-refractivity contribution in [3.8, 4) is 0 Å². The second-order valence-corrected chi connectivity index (χ2v) is 7.74. The van der Waals surface area contributed by atoms with E-state index in [1.165, 1.54) is 56.4 Å². The lowest BCUT2D eigenvalue weighted by atomic mass is 9.89. The third-order valence-corrected chi connectivity index (χ3v) is 5.83. The summed E-state index contributed by atoms with van der Waals surface area (Å²) >= 11 is 6.00. The van der Waals surface area contributed by atoms with Crippen LogP contribution in [0.3, 0.4) is 0 Å². The SMILES string of the molecule is Clc1ccc(C2CCN(CCCCn3cnc4ccccc43)CC2)cc1. The molecule has 0 unspecified atom stereocenters. The molecule has 0 atom stereocenters. The number of hydrogen-bond donors (Lipinski definition) is 0. The van der Waals surface area contributed by atoms with E-state index in [2.05, 4.69) is 44.8 Å². The predicted molar refractivity (Wildman–Crippen MR) is 109 cm³/mol. The smallest absolute Gasteiger partial charge is 0.0958 e. The number of hydrogen-bond acceptors (Lipinski definition) is 2. The predicted octanol–water partition coefficient (Wildman–Crippen LogP) is 5.35. The van der Waals surface area contributed by atoms with Gasteiger partial charge in [0, 0.05) is 11.6 Å². The molecule has 1 aliphatic rings. The summed E-state index contributed by atoms with van der Waals surface area (Å²) in [6.07, 6.45) is 6.94. The number of piperidine rings is 1. The van der Waals surface area contributed by atoms with E-state index in [-0.39, 0.29) is 0 Å². The van der Waals surface area contributed by atoms with Gasteiger partial charge < -0.3 is 9.47 Å². The van der Waals surface area contributed by atoms with E-state index in [0.717, 1.165) is 17.1 Å². The monoisotopic (exact) mass is 367 g/mol. The van der Waals surface area contributed by atoms with Crippen LogP contribution in [-0.2, 0) is 6.54 Å². The van der Waals surface area contributed by atoms with Gasteiger partial charge >= 0.3 is 0 Å². The van der Waals surface area contributed by atoms with Crippen molar-refractivity contribution in [1.82, 2.24) is 14.5 Å². The van der Waals surface area contributed by atoms with E-state index in [4.69, 9.17) is 11.6 Å². The Labute approximate surface area is 160 Å². The summed E-state index contributed by atoms with van der Waals surface area (Å²) in [4.78, 5) is 7.10. The number of benzene rings is 2. The molecule has 4 rings (SSSR count). The zero-order chi connectivity index (χ0) is 17.8. The quantitative estimate of drug-likeness (QED) is 0.547. The highest BCUT2D eigenvalue weighted by Crippen LogP contribution is 2.28. The summed E-state index contributed by atoms with van der Waals surface area (Å²) in [5.41, 5.74) is 3.79. The highest BCUT2D eigenvalue weighted by Gasteiger charge is 2.20. The van der Waals surface area contributed by atoms with Crippen molar-refractivity contribution in [2.24, 2.45) is 0 Å². The third kappa shape index (κ3) is 4.11. The lowest BCUT2D eigenvalue weighted by Crippen LogP contribution is -2.33. The van der Waals surface area contributed by atoms with Gasteiger partial charge in [-0.3, -0.25) is 0 Å². The minimum Gasteiger partial charge on any atom is -0.331 e. The summed E-state index contributed by atoms with van der Waals surface area (Å²) < 4.78 is 2.28. The number of unbranched alkanes of at least 4 members (excludes halogenated alkanes) is 1. The number of halogens is 1. The van der Waals surface area contributed by atoms with Gasteiger partial charge in [-0.15, -0.1) is 0 Å². The van der Waals surface area contributed by atoms with Gasteiger partial charge in [0.15, 0.2) is 0 Å². The molecule has 1 aliphatic heterocycles. The Kier molecular flexibility index (Phi) is 5.57. The third-order valence-electron chi connectivity index (χ3n) is 5.58. The normalized spacial score (nSPS) is 16.3. The van der Waals surface area contributed by atoms with Crippen LogP contribution < -0.4 is 0 Å². The van der Waals surface area contributed by atoms with E-state index in [0.29, 0.717) is 5.92 Å². The molecular formula is C22H26ClN3. The van der Waals surface area contributed by atoms with Crippen LogP contribution in [0.4, 0.5) is 0 Å². The van der Waals surface area contributed by atoms with Crippen molar-refractivity contribution in [2.45, 2.75) is 38.1 Å². The minimum absolute atomic E-state index is 0.695. The summed E-state index contributed by atoms with van der Waals surface area (Å²) in [7, 11) is 0. The lowest BCUT2D eigenvalue weighted by molar-refractivity contribution is 0.208. The van der Waals surface area contributed by atoms with Gasteiger partial charge in [-0.2, -0.15) is 0 Å². The average molecular weight is 368 g/mol. The number of aryl methyl sites for hydroxylation is 1. The molecule has 3 nitrogen and oxygen atoms in total. The van der Waals surface area contributed by atoms with Gasteiger partial charge in [-0.1, -0.05) is 35.9 Å². The molecule has 0 amide bonds. The number of para-hydroxylation sites is 2. The van der Waals surface area contributed by atoms with Crippen LogP contribution in [0.5, 0.6) is 0 Å². The summed E-state index contributed by atoms with van der Waals surface area (Å²) in [6, 6.07) is 16.8. The maximum absolute atomic E-state index is 6.00. The highest BCUT2D eigenvalue weighted by atomic mass is 35.5. The number of nitrogens with zero attached hydrogens (tertiary/aromatic N) is 3. The van der Waals surface area contributed by atoms with Crippen molar-refractivity contribution >= 4 is 22.6 Å². The molecule has 0 spiro atoms. The molecule has 0 saturated carbocycles. The zero-order valence-corrected chi connectivity index (χ0v) is 15.9. The molecule has 0 bridgehead atoms. The molecule has 1 fully saturated rings. The molecule has 0 radical (unpaired) electrons.